The summed E-state index contributed by atoms with van der Waals surface area (Å²) in [5, 5.41) is 3.46. The Balaban J connectivity index is 0.00000320. The largest absolute Gasteiger partial charge is 0.379 e. The van der Waals surface area contributed by atoms with Crippen molar-refractivity contribution in [2.45, 2.75) is 45.7 Å². The van der Waals surface area contributed by atoms with Crippen molar-refractivity contribution < 1.29 is 9.53 Å². The number of piperazine rings is 1. The van der Waals surface area contributed by atoms with Crippen LogP contribution < -0.4 is 5.32 Å². The summed E-state index contributed by atoms with van der Waals surface area (Å²) >= 11 is 0. The molecule has 8 nitrogen and oxygen atoms in total. The fraction of sp³-hybridized carbons (Fsp3) is 0.905. The van der Waals surface area contributed by atoms with Gasteiger partial charge in [-0.3, -0.25) is 19.6 Å². The highest BCUT2D eigenvalue weighted by Crippen LogP contribution is 2.14. The molecule has 3 saturated heterocycles. The van der Waals surface area contributed by atoms with Gasteiger partial charge in [-0.05, 0) is 33.6 Å². The van der Waals surface area contributed by atoms with Gasteiger partial charge in [-0.2, -0.15) is 0 Å². The van der Waals surface area contributed by atoms with Crippen LogP contribution in [0, 0.1) is 0 Å². The molecule has 30 heavy (non-hydrogen) atoms. The van der Waals surface area contributed by atoms with Gasteiger partial charge in [-0.1, -0.05) is 0 Å². The molecule has 174 valence electrons. The third-order valence-electron chi connectivity index (χ3n) is 6.45. The number of carbonyl (C=O) groups is 1. The average molecular weight is 537 g/mol. The first-order valence-electron chi connectivity index (χ1n) is 11.5. The molecular weight excluding hydrogens is 495 g/mol. The van der Waals surface area contributed by atoms with Crippen molar-refractivity contribution in [2.24, 2.45) is 4.99 Å². The first-order valence-corrected chi connectivity index (χ1v) is 11.5. The van der Waals surface area contributed by atoms with Crippen LogP contribution in [0.15, 0.2) is 4.99 Å². The minimum atomic E-state index is -0.0175. The third-order valence-corrected chi connectivity index (χ3v) is 6.45. The predicted octanol–water partition coefficient (Wildman–Crippen LogP) is 0.919. The van der Waals surface area contributed by atoms with Crippen molar-refractivity contribution in [3.05, 3.63) is 0 Å². The highest BCUT2D eigenvalue weighted by Gasteiger charge is 2.30. The van der Waals surface area contributed by atoms with Gasteiger partial charge < -0.3 is 19.9 Å². The summed E-state index contributed by atoms with van der Waals surface area (Å²) in [6.45, 7) is 17.2. The Morgan fingerprint density at radius 3 is 2.17 bits per heavy atom. The Kier molecular flexibility index (Phi) is 11.1. The van der Waals surface area contributed by atoms with Crippen LogP contribution in [0.25, 0.3) is 0 Å². The molecule has 3 fully saturated rings. The molecule has 0 saturated carbocycles. The van der Waals surface area contributed by atoms with Crippen LogP contribution in [0.1, 0.15) is 33.6 Å². The molecule has 3 rings (SSSR count). The first-order chi connectivity index (χ1) is 14.1. The Morgan fingerprint density at radius 1 is 0.933 bits per heavy atom. The highest BCUT2D eigenvalue weighted by molar-refractivity contribution is 14.0. The van der Waals surface area contributed by atoms with Crippen molar-refractivity contribution in [3.8, 4) is 0 Å². The molecule has 3 aliphatic heterocycles. The number of rotatable bonds is 6. The Bertz CT molecular complexity index is 544. The van der Waals surface area contributed by atoms with E-state index in [1.165, 1.54) is 0 Å². The van der Waals surface area contributed by atoms with Gasteiger partial charge in [0, 0.05) is 64.9 Å². The topological polar surface area (TPSA) is 63.7 Å². The van der Waals surface area contributed by atoms with Crippen LogP contribution in [0.3, 0.4) is 0 Å². The lowest BCUT2D eigenvalue weighted by atomic mass is 10.2. The van der Waals surface area contributed by atoms with E-state index in [2.05, 4.69) is 40.8 Å². The second-order valence-corrected chi connectivity index (χ2v) is 8.42. The maximum Gasteiger partial charge on any atom is 0.239 e. The third kappa shape index (κ3) is 6.93. The molecular formula is C21H41IN6O2. The molecule has 9 heteroatoms. The lowest BCUT2D eigenvalue weighted by Crippen LogP contribution is -2.57. The Hall–Kier alpha value is -0.650. The lowest BCUT2D eigenvalue weighted by molar-refractivity contribution is -0.135. The molecule has 1 amide bonds. The number of ether oxygens (including phenoxy) is 1. The summed E-state index contributed by atoms with van der Waals surface area (Å²) < 4.78 is 5.46. The second kappa shape index (κ2) is 13.0. The van der Waals surface area contributed by atoms with Crippen LogP contribution in [0.4, 0.5) is 0 Å². The van der Waals surface area contributed by atoms with Gasteiger partial charge in [0.05, 0.1) is 25.8 Å². The van der Waals surface area contributed by atoms with Crippen molar-refractivity contribution in [1.82, 2.24) is 24.9 Å². The van der Waals surface area contributed by atoms with E-state index in [0.29, 0.717) is 11.9 Å². The molecule has 0 aliphatic carbocycles. The monoisotopic (exact) mass is 536 g/mol. The fourth-order valence-electron chi connectivity index (χ4n) is 4.46. The van der Waals surface area contributed by atoms with E-state index >= 15 is 0 Å². The van der Waals surface area contributed by atoms with E-state index in [-0.39, 0.29) is 30.0 Å². The number of nitrogens with one attached hydrogen (secondary N) is 1. The Morgan fingerprint density at radius 2 is 1.57 bits per heavy atom. The molecule has 0 bridgehead atoms. The number of halogens is 1. The zero-order valence-corrected chi connectivity index (χ0v) is 21.3. The van der Waals surface area contributed by atoms with Gasteiger partial charge in [0.15, 0.2) is 5.96 Å². The number of nitrogens with zero attached hydrogens (tertiary/aromatic N) is 5. The average Bonchev–Trinajstić information content (AvgIpc) is 3.31. The van der Waals surface area contributed by atoms with E-state index in [1.807, 2.05) is 4.90 Å². The number of hydrogen-bond acceptors (Lipinski definition) is 5. The molecule has 0 aromatic carbocycles. The SMILES string of the molecule is CCNC(=NCC(C)N1CCOCC1)N1CCN(C(C)C(=O)N2CCCC2)CC1.I. The maximum atomic E-state index is 12.7. The summed E-state index contributed by atoms with van der Waals surface area (Å²) in [7, 11) is 0. The van der Waals surface area contributed by atoms with Crippen molar-refractivity contribution in [2.75, 3.05) is 78.7 Å². The van der Waals surface area contributed by atoms with Crippen molar-refractivity contribution in [1.29, 1.82) is 0 Å². The molecule has 3 heterocycles. The minimum Gasteiger partial charge on any atom is -0.379 e. The zero-order valence-electron chi connectivity index (χ0n) is 19.0. The van der Waals surface area contributed by atoms with Crippen LogP contribution in [-0.2, 0) is 9.53 Å². The van der Waals surface area contributed by atoms with Crippen LogP contribution >= 0.6 is 24.0 Å². The van der Waals surface area contributed by atoms with E-state index in [4.69, 9.17) is 9.73 Å². The van der Waals surface area contributed by atoms with E-state index < -0.39 is 0 Å². The molecule has 0 aromatic heterocycles. The number of amides is 1. The summed E-state index contributed by atoms with van der Waals surface area (Å²) in [4.78, 5) is 26.8. The number of guanidine groups is 1. The highest BCUT2D eigenvalue weighted by atomic mass is 127. The smallest absolute Gasteiger partial charge is 0.239 e. The van der Waals surface area contributed by atoms with Gasteiger partial charge in [0.1, 0.15) is 0 Å². The first kappa shape index (κ1) is 25.6. The number of carbonyl (C=O) groups excluding carboxylic acids is 1. The van der Waals surface area contributed by atoms with Crippen LogP contribution in [-0.4, -0.2) is 122 Å². The fourth-order valence-corrected chi connectivity index (χ4v) is 4.46. The standard InChI is InChI=1S/C21H40N6O2.HI/c1-4-22-21(23-17-18(2)24-13-15-29-16-14-24)27-11-9-25(10-12-27)19(3)20(28)26-7-5-6-8-26;/h18-19H,4-17H2,1-3H3,(H,22,23);1H. The number of likely N-dealkylation sites (tertiary alicyclic amines) is 1. The normalized spacial score (nSPS) is 23.8. The lowest BCUT2D eigenvalue weighted by Gasteiger charge is -2.39. The van der Waals surface area contributed by atoms with E-state index in [9.17, 15) is 4.79 Å². The van der Waals surface area contributed by atoms with Gasteiger partial charge >= 0.3 is 0 Å². The molecule has 2 unspecified atom stereocenters. The summed E-state index contributed by atoms with van der Waals surface area (Å²) in [5.74, 6) is 1.31. The Labute approximate surface area is 199 Å². The van der Waals surface area contributed by atoms with E-state index in [0.717, 1.165) is 97.5 Å². The molecule has 1 N–H and O–H groups in total. The van der Waals surface area contributed by atoms with Crippen LogP contribution in [0.5, 0.6) is 0 Å². The predicted molar refractivity (Wildman–Crippen MR) is 132 cm³/mol. The summed E-state index contributed by atoms with van der Waals surface area (Å²) in [6.07, 6.45) is 2.30. The molecule has 0 radical (unpaired) electrons. The van der Waals surface area contributed by atoms with Gasteiger partial charge in [0.2, 0.25) is 5.91 Å². The number of hydrogen-bond donors (Lipinski definition) is 1. The van der Waals surface area contributed by atoms with Crippen molar-refractivity contribution in [3.63, 3.8) is 0 Å². The molecule has 0 spiro atoms. The second-order valence-electron chi connectivity index (χ2n) is 8.42. The van der Waals surface area contributed by atoms with E-state index in [1.54, 1.807) is 0 Å². The quantitative estimate of drug-likeness (QED) is 0.310. The van der Waals surface area contributed by atoms with Crippen LogP contribution in [0.2, 0.25) is 0 Å². The number of aliphatic imine (C=N–C) groups is 1. The molecule has 0 aromatic rings. The minimum absolute atomic E-state index is 0. The zero-order chi connectivity index (χ0) is 20.6. The van der Waals surface area contributed by atoms with Gasteiger partial charge in [0.25, 0.3) is 0 Å². The van der Waals surface area contributed by atoms with Gasteiger partial charge in [-0.25, -0.2) is 0 Å². The summed E-state index contributed by atoms with van der Waals surface area (Å²) in [5.41, 5.74) is 0. The van der Waals surface area contributed by atoms with Crippen molar-refractivity contribution >= 4 is 35.8 Å². The summed E-state index contributed by atoms with van der Waals surface area (Å²) in [6, 6.07) is 0.406. The molecule has 2 atom stereocenters. The maximum absolute atomic E-state index is 12.7. The molecule has 3 aliphatic rings. The van der Waals surface area contributed by atoms with Gasteiger partial charge in [-0.15, -0.1) is 24.0 Å². The number of morpholine rings is 1.